The maximum Gasteiger partial charge on any atom is 0.335 e. The molecule has 0 unspecified atom stereocenters. The summed E-state index contributed by atoms with van der Waals surface area (Å²) in [5.74, 6) is -0.280. The largest absolute Gasteiger partial charge is 0.496 e. The lowest BCUT2D eigenvalue weighted by atomic mass is 10.1. The molecule has 0 aromatic heterocycles. The minimum atomic E-state index is -1.13. The molecule has 2 rings (SSSR count). The van der Waals surface area contributed by atoms with E-state index in [1.807, 2.05) is 19.1 Å². The van der Waals surface area contributed by atoms with E-state index in [0.29, 0.717) is 5.75 Å². The maximum absolute atomic E-state index is 12.4. The van der Waals surface area contributed by atoms with E-state index in [4.69, 9.17) is 14.2 Å². The van der Waals surface area contributed by atoms with Crippen molar-refractivity contribution in [1.82, 2.24) is 0 Å². The lowest BCUT2D eigenvalue weighted by Crippen LogP contribution is -2.16. The van der Waals surface area contributed by atoms with E-state index in [2.05, 4.69) is 5.32 Å². The van der Waals surface area contributed by atoms with Crippen molar-refractivity contribution in [2.45, 2.75) is 13.3 Å². The van der Waals surface area contributed by atoms with E-state index < -0.39 is 5.97 Å². The molecule has 138 valence electrons. The maximum atomic E-state index is 12.4. The van der Waals surface area contributed by atoms with Gasteiger partial charge in [0.15, 0.2) is 11.5 Å². The lowest BCUT2D eigenvalue weighted by Gasteiger charge is -2.15. The molecule has 0 bridgehead atoms. The number of ether oxygens (including phenoxy) is 3. The minimum absolute atomic E-state index is 0.0186. The predicted octanol–water partition coefficient (Wildman–Crippen LogP) is 2.90. The second kappa shape index (κ2) is 8.24. The van der Waals surface area contributed by atoms with Crippen LogP contribution in [0.3, 0.4) is 0 Å². The van der Waals surface area contributed by atoms with Gasteiger partial charge in [0.25, 0.3) is 0 Å². The topological polar surface area (TPSA) is 94.1 Å². The number of carboxylic acid groups (broad SMARTS) is 1. The van der Waals surface area contributed by atoms with Crippen LogP contribution in [0.5, 0.6) is 17.2 Å². The van der Waals surface area contributed by atoms with Gasteiger partial charge in [0.1, 0.15) is 5.75 Å². The number of carbonyl (C=O) groups is 2. The molecule has 0 spiro atoms. The number of aromatic carboxylic acids is 1. The van der Waals surface area contributed by atoms with E-state index in [9.17, 15) is 14.7 Å². The van der Waals surface area contributed by atoms with Crippen molar-refractivity contribution in [3.8, 4) is 17.2 Å². The van der Waals surface area contributed by atoms with Gasteiger partial charge >= 0.3 is 5.97 Å². The molecule has 2 N–H and O–H groups in total. The van der Waals surface area contributed by atoms with Gasteiger partial charge in [-0.25, -0.2) is 4.79 Å². The van der Waals surface area contributed by atoms with Crippen molar-refractivity contribution in [3.63, 3.8) is 0 Å². The van der Waals surface area contributed by atoms with Crippen molar-refractivity contribution in [2.75, 3.05) is 26.6 Å². The van der Waals surface area contributed by atoms with Crippen LogP contribution in [0.1, 0.15) is 21.5 Å². The first-order valence-corrected chi connectivity index (χ1v) is 7.82. The number of rotatable bonds is 7. The number of hydrogen-bond donors (Lipinski definition) is 2. The normalized spacial score (nSPS) is 10.2. The van der Waals surface area contributed by atoms with E-state index in [1.165, 1.54) is 26.4 Å². The number of hydrogen-bond acceptors (Lipinski definition) is 5. The zero-order valence-electron chi connectivity index (χ0n) is 15.1. The molecule has 0 saturated carbocycles. The highest BCUT2D eigenvalue weighted by Crippen LogP contribution is 2.36. The van der Waals surface area contributed by atoms with Crippen LogP contribution < -0.4 is 19.5 Å². The Morgan fingerprint density at radius 3 is 2.27 bits per heavy atom. The average Bonchev–Trinajstić information content (AvgIpc) is 2.62. The van der Waals surface area contributed by atoms with Crippen LogP contribution >= 0.6 is 0 Å². The van der Waals surface area contributed by atoms with Gasteiger partial charge in [0.05, 0.1) is 39.0 Å². The van der Waals surface area contributed by atoms with Crippen molar-refractivity contribution < 1.29 is 28.9 Å². The van der Waals surface area contributed by atoms with Crippen LogP contribution in [0.25, 0.3) is 0 Å². The molecule has 0 atom stereocenters. The van der Waals surface area contributed by atoms with Gasteiger partial charge in [0.2, 0.25) is 5.91 Å². The van der Waals surface area contributed by atoms with Gasteiger partial charge in [-0.05, 0) is 36.2 Å². The molecule has 0 heterocycles. The van der Waals surface area contributed by atoms with Crippen LogP contribution in [-0.2, 0) is 11.2 Å². The van der Waals surface area contributed by atoms with Crippen molar-refractivity contribution in [2.24, 2.45) is 0 Å². The Labute approximate surface area is 151 Å². The van der Waals surface area contributed by atoms with Crippen molar-refractivity contribution in [1.29, 1.82) is 0 Å². The molecule has 0 fully saturated rings. The standard InChI is InChI=1S/C19H21NO6/c1-11-5-6-12(7-15(11)24-2)8-17(21)20-14-9-13(19(22)23)10-16(25-3)18(14)26-4/h5-7,9-10H,8H2,1-4H3,(H,20,21)(H,22,23). The quantitative estimate of drug-likeness (QED) is 0.789. The monoisotopic (exact) mass is 359 g/mol. The average molecular weight is 359 g/mol. The Hall–Kier alpha value is -3.22. The predicted molar refractivity (Wildman–Crippen MR) is 96.6 cm³/mol. The molecular formula is C19H21NO6. The van der Waals surface area contributed by atoms with E-state index in [-0.39, 0.29) is 35.1 Å². The molecule has 0 aliphatic heterocycles. The summed E-state index contributed by atoms with van der Waals surface area (Å²) in [7, 11) is 4.38. The second-order valence-electron chi connectivity index (χ2n) is 5.59. The molecule has 26 heavy (non-hydrogen) atoms. The Kier molecular flexibility index (Phi) is 6.06. The number of anilines is 1. The van der Waals surface area contributed by atoms with E-state index in [1.54, 1.807) is 13.2 Å². The molecule has 2 aromatic rings. The van der Waals surface area contributed by atoms with E-state index >= 15 is 0 Å². The molecule has 0 aliphatic rings. The molecule has 0 aliphatic carbocycles. The highest BCUT2D eigenvalue weighted by Gasteiger charge is 2.18. The fourth-order valence-corrected chi connectivity index (χ4v) is 2.53. The first kappa shape index (κ1) is 19.1. The molecule has 7 heteroatoms. The fraction of sp³-hybridized carbons (Fsp3) is 0.263. The summed E-state index contributed by atoms with van der Waals surface area (Å²) in [6, 6.07) is 8.17. The summed E-state index contributed by atoms with van der Waals surface area (Å²) in [5.41, 5.74) is 1.95. The Morgan fingerprint density at radius 1 is 1.00 bits per heavy atom. The summed E-state index contributed by atoms with van der Waals surface area (Å²) >= 11 is 0. The summed E-state index contributed by atoms with van der Waals surface area (Å²) in [6.07, 6.45) is 0.0966. The number of benzene rings is 2. The van der Waals surface area contributed by atoms with Crippen LogP contribution in [0.15, 0.2) is 30.3 Å². The van der Waals surface area contributed by atoms with Gasteiger partial charge in [-0.1, -0.05) is 12.1 Å². The fourth-order valence-electron chi connectivity index (χ4n) is 2.53. The Bertz CT molecular complexity index is 831. The summed E-state index contributed by atoms with van der Waals surface area (Å²) in [4.78, 5) is 23.7. The number of carboxylic acids is 1. The second-order valence-corrected chi connectivity index (χ2v) is 5.59. The highest BCUT2D eigenvalue weighted by atomic mass is 16.5. The number of nitrogens with one attached hydrogen (secondary N) is 1. The molecule has 0 saturated heterocycles. The Morgan fingerprint density at radius 2 is 1.69 bits per heavy atom. The van der Waals surface area contributed by atoms with Gasteiger partial charge in [0, 0.05) is 0 Å². The minimum Gasteiger partial charge on any atom is -0.496 e. The number of aryl methyl sites for hydroxylation is 1. The van der Waals surface area contributed by atoms with Gasteiger partial charge < -0.3 is 24.6 Å². The van der Waals surface area contributed by atoms with Crippen LogP contribution in [0.4, 0.5) is 5.69 Å². The van der Waals surface area contributed by atoms with Gasteiger partial charge in [-0.2, -0.15) is 0 Å². The zero-order chi connectivity index (χ0) is 19.3. The third kappa shape index (κ3) is 4.24. The first-order chi connectivity index (χ1) is 12.4. The third-order valence-electron chi connectivity index (χ3n) is 3.84. The van der Waals surface area contributed by atoms with Crippen molar-refractivity contribution in [3.05, 3.63) is 47.0 Å². The SMILES string of the molecule is COc1cc(CC(=O)Nc2cc(C(=O)O)cc(OC)c2OC)ccc1C. The number of amides is 1. The highest BCUT2D eigenvalue weighted by molar-refractivity contribution is 5.97. The third-order valence-corrected chi connectivity index (χ3v) is 3.84. The molecule has 7 nitrogen and oxygen atoms in total. The van der Waals surface area contributed by atoms with Gasteiger partial charge in [-0.15, -0.1) is 0 Å². The van der Waals surface area contributed by atoms with Gasteiger partial charge in [-0.3, -0.25) is 4.79 Å². The zero-order valence-corrected chi connectivity index (χ0v) is 15.1. The number of methoxy groups -OCH3 is 3. The smallest absolute Gasteiger partial charge is 0.335 e. The van der Waals surface area contributed by atoms with Crippen LogP contribution in [0.2, 0.25) is 0 Å². The lowest BCUT2D eigenvalue weighted by molar-refractivity contribution is -0.115. The summed E-state index contributed by atoms with van der Waals surface area (Å²) in [5, 5.41) is 11.9. The number of carbonyl (C=O) groups excluding carboxylic acids is 1. The molecule has 2 aromatic carbocycles. The van der Waals surface area contributed by atoms with Crippen LogP contribution in [-0.4, -0.2) is 38.3 Å². The Balaban J connectivity index is 2.27. The summed E-state index contributed by atoms with van der Waals surface area (Å²) in [6.45, 7) is 1.91. The van der Waals surface area contributed by atoms with Crippen LogP contribution in [0, 0.1) is 6.92 Å². The molecular weight excluding hydrogens is 338 g/mol. The molecule has 0 radical (unpaired) electrons. The van der Waals surface area contributed by atoms with E-state index in [0.717, 1.165) is 11.1 Å². The van der Waals surface area contributed by atoms with Crippen molar-refractivity contribution >= 4 is 17.6 Å². The molecule has 1 amide bonds. The summed E-state index contributed by atoms with van der Waals surface area (Å²) < 4.78 is 15.7. The first-order valence-electron chi connectivity index (χ1n) is 7.82.